The highest BCUT2D eigenvalue weighted by molar-refractivity contribution is 7.86. The van der Waals surface area contributed by atoms with Gasteiger partial charge in [-0.1, -0.05) is 6.92 Å². The van der Waals surface area contributed by atoms with E-state index in [9.17, 15) is 9.32 Å². The SMILES string of the molecule is CC1Cc2nc(Cl)nc(NC3(CO)CCC3)c2S1=O. The van der Waals surface area contributed by atoms with E-state index in [1.165, 1.54) is 0 Å². The second-order valence-corrected chi connectivity index (χ2v) is 7.49. The fourth-order valence-corrected chi connectivity index (χ4v) is 4.17. The maximum Gasteiger partial charge on any atom is 0.224 e. The Hall–Kier alpha value is -0.720. The molecule has 2 N–H and O–H groups in total. The van der Waals surface area contributed by atoms with E-state index in [2.05, 4.69) is 15.3 Å². The summed E-state index contributed by atoms with van der Waals surface area (Å²) in [6.45, 7) is 1.98. The molecule has 1 aliphatic carbocycles. The Morgan fingerprint density at radius 3 is 2.84 bits per heavy atom. The summed E-state index contributed by atoms with van der Waals surface area (Å²) >= 11 is 5.93. The Morgan fingerprint density at radius 2 is 2.26 bits per heavy atom. The zero-order chi connectivity index (χ0) is 13.6. The first kappa shape index (κ1) is 13.3. The zero-order valence-corrected chi connectivity index (χ0v) is 12.2. The lowest BCUT2D eigenvalue weighted by molar-refractivity contribution is 0.143. The Kier molecular flexibility index (Phi) is 3.27. The molecule has 0 spiro atoms. The van der Waals surface area contributed by atoms with Gasteiger partial charge in [-0.05, 0) is 30.9 Å². The van der Waals surface area contributed by atoms with Crippen LogP contribution in [0.25, 0.3) is 0 Å². The van der Waals surface area contributed by atoms with Crippen LogP contribution in [-0.4, -0.2) is 36.7 Å². The fraction of sp³-hybridized carbons (Fsp3) is 0.667. The summed E-state index contributed by atoms with van der Waals surface area (Å²) in [4.78, 5) is 9.02. The molecule has 0 amide bonds. The summed E-state index contributed by atoms with van der Waals surface area (Å²) in [6.07, 6.45) is 3.52. The van der Waals surface area contributed by atoms with Gasteiger partial charge in [0.25, 0.3) is 0 Å². The Morgan fingerprint density at radius 1 is 1.53 bits per heavy atom. The lowest BCUT2D eigenvalue weighted by Gasteiger charge is -2.41. The van der Waals surface area contributed by atoms with Crippen molar-refractivity contribution in [1.29, 1.82) is 0 Å². The topological polar surface area (TPSA) is 75.1 Å². The molecule has 104 valence electrons. The number of nitrogens with one attached hydrogen (secondary N) is 1. The molecule has 1 aromatic heterocycles. The van der Waals surface area contributed by atoms with E-state index in [0.29, 0.717) is 17.1 Å². The molecule has 2 aliphatic rings. The molecule has 2 unspecified atom stereocenters. The quantitative estimate of drug-likeness (QED) is 0.828. The summed E-state index contributed by atoms with van der Waals surface area (Å²) in [7, 11) is -1.10. The molecule has 0 radical (unpaired) electrons. The average Bonchev–Trinajstić information content (AvgIpc) is 2.59. The van der Waals surface area contributed by atoms with Crippen molar-refractivity contribution in [2.75, 3.05) is 11.9 Å². The second-order valence-electron chi connectivity index (χ2n) is 5.35. The smallest absolute Gasteiger partial charge is 0.224 e. The standard InChI is InChI=1S/C12H16ClN3O2S/c1-7-5-8-9(19(7)18)10(15-11(13)14-8)16-12(6-17)3-2-4-12/h7,17H,2-6H2,1H3,(H,14,15,16). The Labute approximate surface area is 119 Å². The van der Waals surface area contributed by atoms with Crippen molar-refractivity contribution in [1.82, 2.24) is 9.97 Å². The highest BCUT2D eigenvalue weighted by atomic mass is 35.5. The van der Waals surface area contributed by atoms with Gasteiger partial charge in [-0.25, -0.2) is 4.98 Å². The molecule has 2 atom stereocenters. The molecule has 2 heterocycles. The number of hydrogen-bond donors (Lipinski definition) is 2. The molecule has 1 aromatic rings. The van der Waals surface area contributed by atoms with Crippen molar-refractivity contribution in [2.45, 2.75) is 48.3 Å². The fourth-order valence-electron chi connectivity index (χ4n) is 2.63. The molecular formula is C12H16ClN3O2S. The van der Waals surface area contributed by atoms with Crippen LogP contribution in [0, 0.1) is 0 Å². The van der Waals surface area contributed by atoms with Gasteiger partial charge in [0.1, 0.15) is 10.7 Å². The van der Waals surface area contributed by atoms with E-state index >= 15 is 0 Å². The summed E-state index contributed by atoms with van der Waals surface area (Å²) in [6, 6.07) is 0. The molecule has 19 heavy (non-hydrogen) atoms. The van der Waals surface area contributed by atoms with Gasteiger partial charge >= 0.3 is 0 Å². The third kappa shape index (κ3) is 2.15. The normalized spacial score (nSPS) is 27.7. The molecular weight excluding hydrogens is 286 g/mol. The van der Waals surface area contributed by atoms with Crippen LogP contribution >= 0.6 is 11.6 Å². The van der Waals surface area contributed by atoms with Gasteiger partial charge in [-0.15, -0.1) is 0 Å². The summed E-state index contributed by atoms with van der Waals surface area (Å²) < 4.78 is 12.3. The van der Waals surface area contributed by atoms with E-state index in [1.54, 1.807) is 0 Å². The maximum absolute atomic E-state index is 12.3. The van der Waals surface area contributed by atoms with Gasteiger partial charge in [0.15, 0.2) is 0 Å². The van der Waals surface area contributed by atoms with Gasteiger partial charge in [0, 0.05) is 11.7 Å². The molecule has 1 aliphatic heterocycles. The van der Waals surface area contributed by atoms with Crippen LogP contribution in [0.2, 0.25) is 5.28 Å². The van der Waals surface area contributed by atoms with Crippen LogP contribution in [0.4, 0.5) is 5.82 Å². The Balaban J connectivity index is 2.00. The van der Waals surface area contributed by atoms with Crippen LogP contribution in [-0.2, 0) is 17.2 Å². The lowest BCUT2D eigenvalue weighted by atomic mass is 9.77. The minimum Gasteiger partial charge on any atom is -0.394 e. The highest BCUT2D eigenvalue weighted by Crippen LogP contribution is 2.39. The molecule has 7 heteroatoms. The number of anilines is 1. The first-order valence-electron chi connectivity index (χ1n) is 6.41. The monoisotopic (exact) mass is 301 g/mol. The maximum atomic E-state index is 12.3. The molecule has 0 saturated heterocycles. The minimum atomic E-state index is -1.10. The Bertz CT molecular complexity index is 543. The van der Waals surface area contributed by atoms with E-state index in [1.807, 2.05) is 6.92 Å². The van der Waals surface area contributed by atoms with Gasteiger partial charge in [-0.3, -0.25) is 4.21 Å². The molecule has 3 rings (SSSR count). The van der Waals surface area contributed by atoms with E-state index < -0.39 is 10.8 Å². The number of aromatic nitrogens is 2. The third-order valence-electron chi connectivity index (χ3n) is 3.95. The van der Waals surface area contributed by atoms with Crippen LogP contribution in [0.15, 0.2) is 4.90 Å². The number of aliphatic hydroxyl groups excluding tert-OH is 1. The summed E-state index contributed by atoms with van der Waals surface area (Å²) in [5.74, 6) is 0.534. The second kappa shape index (κ2) is 4.68. The summed E-state index contributed by atoms with van der Waals surface area (Å²) in [5.41, 5.74) is 0.433. The van der Waals surface area contributed by atoms with Crippen molar-refractivity contribution in [2.24, 2.45) is 0 Å². The van der Waals surface area contributed by atoms with Crippen LogP contribution in [0.1, 0.15) is 31.9 Å². The average molecular weight is 302 g/mol. The summed E-state index contributed by atoms with van der Waals surface area (Å²) in [5, 5.41) is 13.0. The van der Waals surface area contributed by atoms with Crippen molar-refractivity contribution < 1.29 is 9.32 Å². The highest BCUT2D eigenvalue weighted by Gasteiger charge is 2.39. The van der Waals surface area contributed by atoms with Gasteiger partial charge in [0.2, 0.25) is 5.28 Å². The number of hydrogen-bond acceptors (Lipinski definition) is 5. The predicted molar refractivity (Wildman–Crippen MR) is 73.9 cm³/mol. The van der Waals surface area contributed by atoms with Gasteiger partial charge < -0.3 is 10.4 Å². The minimum absolute atomic E-state index is 0.0368. The van der Waals surface area contributed by atoms with E-state index in [4.69, 9.17) is 11.6 Å². The van der Waals surface area contributed by atoms with Crippen LogP contribution in [0.3, 0.4) is 0 Å². The zero-order valence-electron chi connectivity index (χ0n) is 10.6. The molecule has 1 saturated carbocycles. The van der Waals surface area contributed by atoms with E-state index in [0.717, 1.165) is 25.0 Å². The molecule has 0 bridgehead atoms. The largest absolute Gasteiger partial charge is 0.394 e. The first-order valence-corrected chi connectivity index (χ1v) is 8.00. The number of nitrogens with zero attached hydrogens (tertiary/aromatic N) is 2. The lowest BCUT2D eigenvalue weighted by Crippen LogP contribution is -2.48. The van der Waals surface area contributed by atoms with Crippen molar-refractivity contribution >= 4 is 28.2 Å². The molecule has 5 nitrogen and oxygen atoms in total. The van der Waals surface area contributed by atoms with Gasteiger partial charge in [-0.2, -0.15) is 4.98 Å². The molecule has 1 fully saturated rings. The van der Waals surface area contributed by atoms with E-state index in [-0.39, 0.29) is 22.7 Å². The first-order chi connectivity index (χ1) is 9.04. The van der Waals surface area contributed by atoms with Crippen LogP contribution < -0.4 is 5.32 Å². The number of halogens is 1. The number of rotatable bonds is 3. The number of aliphatic hydroxyl groups is 1. The van der Waals surface area contributed by atoms with Crippen molar-refractivity contribution in [3.63, 3.8) is 0 Å². The third-order valence-corrected chi connectivity index (χ3v) is 5.85. The molecule has 0 aromatic carbocycles. The van der Waals surface area contributed by atoms with Crippen molar-refractivity contribution in [3.05, 3.63) is 11.0 Å². The van der Waals surface area contributed by atoms with Crippen LogP contribution in [0.5, 0.6) is 0 Å². The predicted octanol–water partition coefficient (Wildman–Crippen LogP) is 1.51. The van der Waals surface area contributed by atoms with Crippen molar-refractivity contribution in [3.8, 4) is 0 Å². The number of fused-ring (bicyclic) bond motifs is 1. The van der Waals surface area contributed by atoms with Gasteiger partial charge in [0.05, 0.1) is 28.6 Å².